The van der Waals surface area contributed by atoms with Gasteiger partial charge in [0.1, 0.15) is 5.75 Å². The number of pyridine rings is 1. The van der Waals surface area contributed by atoms with E-state index in [4.69, 9.17) is 4.74 Å². The van der Waals surface area contributed by atoms with Gasteiger partial charge in [-0.05, 0) is 42.8 Å². The third kappa shape index (κ3) is 2.22. The summed E-state index contributed by atoms with van der Waals surface area (Å²) in [5.74, 6) is 1.03. The first-order valence-corrected chi connectivity index (χ1v) is 6.64. The molecule has 0 saturated heterocycles. The van der Waals surface area contributed by atoms with E-state index >= 15 is 0 Å². The number of aryl methyl sites for hydroxylation is 1. The zero-order valence-corrected chi connectivity index (χ0v) is 11.3. The summed E-state index contributed by atoms with van der Waals surface area (Å²) in [4.78, 5) is 4.38. The maximum Gasteiger partial charge on any atom is 0.122 e. The Labute approximate surface area is 113 Å². The van der Waals surface area contributed by atoms with Crippen LogP contribution in [0.4, 0.5) is 0 Å². The molecule has 1 unspecified atom stereocenters. The number of benzene rings is 1. The molecule has 0 fully saturated rings. The number of fused-ring (bicyclic) bond motifs is 1. The normalized spacial score (nSPS) is 14.8. The molecule has 2 aromatic rings. The summed E-state index contributed by atoms with van der Waals surface area (Å²) in [6, 6.07) is 10.8. The molecule has 0 spiro atoms. The van der Waals surface area contributed by atoms with E-state index in [0.717, 1.165) is 24.5 Å². The number of ether oxygens (including phenoxy) is 1. The summed E-state index contributed by atoms with van der Waals surface area (Å²) in [5.41, 5.74) is 4.87. The predicted octanol–water partition coefficient (Wildman–Crippen LogP) is 2.63. The summed E-state index contributed by atoms with van der Waals surface area (Å²) in [6.45, 7) is 2.85. The van der Waals surface area contributed by atoms with E-state index < -0.39 is 0 Å². The van der Waals surface area contributed by atoms with Crippen LogP contribution in [0, 0.1) is 6.92 Å². The van der Waals surface area contributed by atoms with Crippen LogP contribution in [-0.2, 0) is 6.42 Å². The summed E-state index contributed by atoms with van der Waals surface area (Å²) >= 11 is 0. The Hall–Kier alpha value is -1.87. The lowest BCUT2D eigenvalue weighted by Gasteiger charge is -2.19. The molecule has 3 heteroatoms. The molecular weight excluding hydrogens is 236 g/mol. The average Bonchev–Trinajstić information content (AvgIpc) is 2.89. The van der Waals surface area contributed by atoms with Gasteiger partial charge in [-0.1, -0.05) is 18.2 Å². The van der Waals surface area contributed by atoms with Crippen molar-refractivity contribution >= 4 is 0 Å². The van der Waals surface area contributed by atoms with Crippen LogP contribution in [0.3, 0.4) is 0 Å². The minimum atomic E-state index is 0.180. The summed E-state index contributed by atoms with van der Waals surface area (Å²) in [6.07, 6.45) is 2.84. The fourth-order valence-electron chi connectivity index (χ4n) is 2.69. The quantitative estimate of drug-likeness (QED) is 0.914. The van der Waals surface area contributed by atoms with Gasteiger partial charge in [-0.25, -0.2) is 0 Å². The number of hydrogen-bond donors (Lipinski definition) is 1. The lowest BCUT2D eigenvalue weighted by Crippen LogP contribution is -2.19. The van der Waals surface area contributed by atoms with Gasteiger partial charge in [0.05, 0.1) is 12.6 Å². The highest BCUT2D eigenvalue weighted by atomic mass is 16.5. The van der Waals surface area contributed by atoms with Crippen molar-refractivity contribution in [2.45, 2.75) is 19.4 Å². The fraction of sp³-hybridized carbons (Fsp3) is 0.312. The van der Waals surface area contributed by atoms with Crippen LogP contribution in [0.2, 0.25) is 0 Å². The number of hydrogen-bond acceptors (Lipinski definition) is 3. The molecule has 1 N–H and O–H groups in total. The zero-order chi connectivity index (χ0) is 13.2. The van der Waals surface area contributed by atoms with E-state index in [1.165, 1.54) is 16.7 Å². The molecule has 1 aliphatic heterocycles. The minimum Gasteiger partial charge on any atom is -0.493 e. The van der Waals surface area contributed by atoms with Crippen LogP contribution in [-0.4, -0.2) is 18.6 Å². The van der Waals surface area contributed by atoms with Crippen molar-refractivity contribution in [2.24, 2.45) is 0 Å². The first kappa shape index (κ1) is 12.2. The SMILES string of the molecule is CNC(c1ccc2c(c1)CCO2)c1cccnc1C. The predicted molar refractivity (Wildman–Crippen MR) is 75.5 cm³/mol. The molecule has 1 aliphatic rings. The van der Waals surface area contributed by atoms with Crippen LogP contribution >= 0.6 is 0 Å². The van der Waals surface area contributed by atoms with Gasteiger partial charge in [0.2, 0.25) is 0 Å². The van der Waals surface area contributed by atoms with Gasteiger partial charge in [0, 0.05) is 18.3 Å². The summed E-state index contributed by atoms with van der Waals surface area (Å²) in [7, 11) is 1.99. The minimum absolute atomic E-state index is 0.180. The van der Waals surface area contributed by atoms with E-state index in [2.05, 4.69) is 41.5 Å². The molecule has 0 radical (unpaired) electrons. The molecule has 1 aromatic heterocycles. The summed E-state index contributed by atoms with van der Waals surface area (Å²) < 4.78 is 5.56. The third-order valence-electron chi connectivity index (χ3n) is 3.69. The average molecular weight is 254 g/mol. The molecule has 98 valence electrons. The molecule has 3 nitrogen and oxygen atoms in total. The Morgan fingerprint density at radius 2 is 2.21 bits per heavy atom. The Morgan fingerprint density at radius 1 is 1.32 bits per heavy atom. The summed E-state index contributed by atoms with van der Waals surface area (Å²) in [5, 5.41) is 3.39. The van der Waals surface area contributed by atoms with E-state index in [0.29, 0.717) is 0 Å². The molecule has 1 aromatic carbocycles. The highest BCUT2D eigenvalue weighted by Crippen LogP contribution is 2.31. The van der Waals surface area contributed by atoms with Gasteiger partial charge < -0.3 is 10.1 Å². The van der Waals surface area contributed by atoms with Gasteiger partial charge in [0.25, 0.3) is 0 Å². The third-order valence-corrected chi connectivity index (χ3v) is 3.69. The molecule has 3 rings (SSSR count). The van der Waals surface area contributed by atoms with Crippen LogP contribution in [0.25, 0.3) is 0 Å². The highest BCUT2D eigenvalue weighted by Gasteiger charge is 2.18. The van der Waals surface area contributed by atoms with Crippen LogP contribution < -0.4 is 10.1 Å². The van der Waals surface area contributed by atoms with Crippen molar-refractivity contribution in [3.63, 3.8) is 0 Å². The molecule has 0 bridgehead atoms. The van der Waals surface area contributed by atoms with Crippen molar-refractivity contribution < 1.29 is 4.74 Å². The second kappa shape index (κ2) is 5.02. The van der Waals surface area contributed by atoms with E-state index in [9.17, 15) is 0 Å². The number of aromatic nitrogens is 1. The molecule has 19 heavy (non-hydrogen) atoms. The number of nitrogens with one attached hydrogen (secondary N) is 1. The first-order valence-electron chi connectivity index (χ1n) is 6.64. The number of rotatable bonds is 3. The van der Waals surface area contributed by atoms with Crippen molar-refractivity contribution in [3.8, 4) is 5.75 Å². The van der Waals surface area contributed by atoms with Gasteiger partial charge >= 0.3 is 0 Å². The van der Waals surface area contributed by atoms with E-state index in [1.54, 1.807) is 0 Å². The van der Waals surface area contributed by atoms with Crippen molar-refractivity contribution in [3.05, 3.63) is 58.9 Å². The Morgan fingerprint density at radius 3 is 3.00 bits per heavy atom. The van der Waals surface area contributed by atoms with Gasteiger partial charge in [0.15, 0.2) is 0 Å². The molecule has 0 amide bonds. The second-order valence-electron chi connectivity index (χ2n) is 4.87. The second-order valence-corrected chi connectivity index (χ2v) is 4.87. The lowest BCUT2D eigenvalue weighted by molar-refractivity contribution is 0.357. The molecule has 0 saturated carbocycles. The maximum absolute atomic E-state index is 5.56. The van der Waals surface area contributed by atoms with Gasteiger partial charge in [-0.15, -0.1) is 0 Å². The Kier molecular flexibility index (Phi) is 3.22. The van der Waals surface area contributed by atoms with Crippen LogP contribution in [0.1, 0.15) is 28.4 Å². The van der Waals surface area contributed by atoms with Crippen LogP contribution in [0.15, 0.2) is 36.5 Å². The molecular formula is C16H18N2O. The lowest BCUT2D eigenvalue weighted by atomic mass is 9.96. The standard InChI is InChI=1S/C16H18N2O/c1-11-14(4-3-8-18-11)16(17-2)13-5-6-15-12(10-13)7-9-19-15/h3-6,8,10,16-17H,7,9H2,1-2H3. The smallest absolute Gasteiger partial charge is 0.122 e. The fourth-order valence-corrected chi connectivity index (χ4v) is 2.69. The Balaban J connectivity index is 2.01. The number of nitrogens with zero attached hydrogens (tertiary/aromatic N) is 1. The topological polar surface area (TPSA) is 34.1 Å². The van der Waals surface area contributed by atoms with Crippen molar-refractivity contribution in [2.75, 3.05) is 13.7 Å². The van der Waals surface area contributed by atoms with Crippen LogP contribution in [0.5, 0.6) is 5.75 Å². The molecule has 0 aliphatic carbocycles. The zero-order valence-electron chi connectivity index (χ0n) is 11.3. The first-order chi connectivity index (χ1) is 9.29. The molecule has 2 heterocycles. The van der Waals surface area contributed by atoms with E-state index in [-0.39, 0.29) is 6.04 Å². The van der Waals surface area contributed by atoms with Gasteiger partial charge in [-0.2, -0.15) is 0 Å². The van der Waals surface area contributed by atoms with Crippen molar-refractivity contribution in [1.82, 2.24) is 10.3 Å². The molecule has 1 atom stereocenters. The monoisotopic (exact) mass is 254 g/mol. The van der Waals surface area contributed by atoms with Crippen molar-refractivity contribution in [1.29, 1.82) is 0 Å². The Bertz CT molecular complexity index is 595. The maximum atomic E-state index is 5.56. The van der Waals surface area contributed by atoms with E-state index in [1.807, 2.05) is 19.3 Å². The van der Waals surface area contributed by atoms with Gasteiger partial charge in [-0.3, -0.25) is 4.98 Å². The largest absolute Gasteiger partial charge is 0.493 e. The highest BCUT2D eigenvalue weighted by molar-refractivity contribution is 5.43.